The molecule has 3 heterocycles. The fourth-order valence-corrected chi connectivity index (χ4v) is 5.54. The predicted octanol–water partition coefficient (Wildman–Crippen LogP) is 9.09. The second-order valence-electron chi connectivity index (χ2n) is 14.0. The number of pyridine rings is 1. The van der Waals surface area contributed by atoms with Crippen LogP contribution in [-0.4, -0.2) is 88.7 Å². The Morgan fingerprint density at radius 3 is 2.23 bits per heavy atom. The number of piperazine rings is 1. The highest BCUT2D eigenvalue weighted by atomic mass is 19.4. The second-order valence-corrected chi connectivity index (χ2v) is 14.0. The van der Waals surface area contributed by atoms with Crippen LogP contribution in [0, 0.1) is 5.92 Å². The van der Waals surface area contributed by atoms with Crippen LogP contribution in [-0.2, 0) is 27.3 Å². The van der Waals surface area contributed by atoms with Crippen molar-refractivity contribution in [1.82, 2.24) is 29.9 Å². The Bertz CT molecular complexity index is 1670. The van der Waals surface area contributed by atoms with Crippen molar-refractivity contribution in [3.8, 4) is 5.69 Å². The van der Waals surface area contributed by atoms with Crippen LogP contribution < -0.4 is 10.6 Å². The fourth-order valence-electron chi connectivity index (χ4n) is 5.54. The first-order chi connectivity index (χ1) is 27.2. The van der Waals surface area contributed by atoms with E-state index in [4.69, 9.17) is 4.74 Å². The number of Topliss-reactive ketones (excluding diaryl/α,β-unsaturated/α-hetero) is 1. The van der Waals surface area contributed by atoms with Gasteiger partial charge in [0.15, 0.2) is 5.78 Å². The number of carbonyl (C=O) groups excluding carboxylic acids is 2. The summed E-state index contributed by atoms with van der Waals surface area (Å²) in [6.07, 6.45) is 5.48. The molecule has 2 aromatic heterocycles. The zero-order valence-electron chi connectivity index (χ0n) is 34.8. The van der Waals surface area contributed by atoms with Crippen molar-refractivity contribution in [3.05, 3.63) is 89.6 Å². The summed E-state index contributed by atoms with van der Waals surface area (Å²) in [6, 6.07) is 11.2. The monoisotopic (exact) mass is 801 g/mol. The number of rotatable bonds is 19. The molecule has 57 heavy (non-hydrogen) atoms. The number of allylic oxidation sites excluding steroid dienone is 1. The molecule has 3 aromatic rings. The smallest absolute Gasteiger partial charge is 0.405 e. The molecule has 1 fully saturated rings. The summed E-state index contributed by atoms with van der Waals surface area (Å²) < 4.78 is 57.6. The molecule has 1 saturated heterocycles. The standard InChI is InChI=1S/C22H32FN5O.C17H21F3N2O2.C4H10/c1-3-20-16-28(25-22(20)18(2)23)21-7-5-19(6-8-21)15-24-9-4-10-26-11-13-27(17-29)14-12-26;1-5-11(2)15(12(3)23)9-24-13(4)14-6-7-21-16(8-14)22-10-17(18,19)20;1-3-4-2/h5-8,16-18,24H,3-4,9-15H2,1-2H3;6-9,11H,4-5,10H2,1-3H3,(H,21,22);3-4H2,1-2H3/b;15-9+;. The Labute approximate surface area is 336 Å². The maximum atomic E-state index is 13.7. The predicted molar refractivity (Wildman–Crippen MR) is 221 cm³/mol. The first-order valence-electron chi connectivity index (χ1n) is 19.9. The number of unbranched alkanes of at least 4 members (excludes halogenated alkanes) is 1. The molecule has 0 aliphatic carbocycles. The Hall–Kier alpha value is -4.56. The van der Waals surface area contributed by atoms with E-state index in [1.807, 2.05) is 44.0 Å². The van der Waals surface area contributed by atoms with Gasteiger partial charge in [-0.2, -0.15) is 18.3 Å². The molecule has 1 amide bonds. The zero-order valence-corrected chi connectivity index (χ0v) is 34.8. The van der Waals surface area contributed by atoms with Crippen LogP contribution in [0.1, 0.15) is 103 Å². The topological polar surface area (TPSA) is 105 Å². The van der Waals surface area contributed by atoms with Gasteiger partial charge in [0.25, 0.3) is 0 Å². The van der Waals surface area contributed by atoms with Crippen molar-refractivity contribution in [2.75, 3.05) is 51.1 Å². The van der Waals surface area contributed by atoms with Gasteiger partial charge in [-0.3, -0.25) is 14.5 Å². The van der Waals surface area contributed by atoms with Crippen LogP contribution in [0.2, 0.25) is 0 Å². The Morgan fingerprint density at radius 2 is 1.70 bits per heavy atom. The average Bonchev–Trinajstić information content (AvgIpc) is 3.65. The molecule has 1 aliphatic heterocycles. The molecule has 2 atom stereocenters. The normalized spacial score (nSPS) is 14.4. The van der Waals surface area contributed by atoms with Gasteiger partial charge < -0.3 is 20.3 Å². The number of nitrogens with zero attached hydrogens (tertiary/aromatic N) is 5. The van der Waals surface area contributed by atoms with Gasteiger partial charge in [-0.25, -0.2) is 14.1 Å². The molecule has 2 N–H and O–H groups in total. The molecule has 4 rings (SSSR count). The minimum atomic E-state index is -4.33. The Morgan fingerprint density at radius 1 is 1.04 bits per heavy atom. The molecule has 2 unspecified atom stereocenters. The lowest BCUT2D eigenvalue weighted by atomic mass is 9.97. The van der Waals surface area contributed by atoms with Crippen LogP contribution in [0.3, 0.4) is 0 Å². The van der Waals surface area contributed by atoms with E-state index >= 15 is 0 Å². The highest BCUT2D eigenvalue weighted by molar-refractivity contribution is 5.93. The van der Waals surface area contributed by atoms with E-state index in [9.17, 15) is 27.2 Å². The number of alkyl halides is 4. The minimum absolute atomic E-state index is 0.0387. The fraction of sp³-hybridized carbons (Fsp3) is 0.535. The number of ketones is 1. The number of anilines is 1. The third-order valence-electron chi connectivity index (χ3n) is 9.42. The van der Waals surface area contributed by atoms with Crippen molar-refractivity contribution >= 4 is 23.8 Å². The maximum Gasteiger partial charge on any atom is 0.405 e. The third-order valence-corrected chi connectivity index (χ3v) is 9.42. The van der Waals surface area contributed by atoms with E-state index in [1.54, 1.807) is 10.7 Å². The van der Waals surface area contributed by atoms with Gasteiger partial charge in [0.05, 0.1) is 17.6 Å². The molecule has 1 aromatic carbocycles. The number of nitrogens with one attached hydrogen (secondary N) is 2. The van der Waals surface area contributed by atoms with Crippen molar-refractivity contribution in [3.63, 3.8) is 0 Å². The number of amides is 1. The van der Waals surface area contributed by atoms with E-state index in [0.29, 0.717) is 16.8 Å². The number of hydrogen-bond acceptors (Lipinski definition) is 8. The molecule has 316 valence electrons. The summed E-state index contributed by atoms with van der Waals surface area (Å²) in [6.45, 7) is 22.3. The number of aromatic nitrogens is 3. The van der Waals surface area contributed by atoms with Gasteiger partial charge >= 0.3 is 6.18 Å². The maximum absolute atomic E-state index is 13.7. The number of benzene rings is 1. The summed E-state index contributed by atoms with van der Waals surface area (Å²) >= 11 is 0. The lowest BCUT2D eigenvalue weighted by Crippen LogP contribution is -2.46. The quantitative estimate of drug-likeness (QED) is 0.0407. The van der Waals surface area contributed by atoms with Crippen molar-refractivity contribution in [2.45, 2.75) is 99.5 Å². The summed E-state index contributed by atoms with van der Waals surface area (Å²) in [5.74, 6) is 0.220. The minimum Gasteiger partial charge on any atom is -0.465 e. The first kappa shape index (κ1) is 48.6. The van der Waals surface area contributed by atoms with Crippen LogP contribution in [0.15, 0.2) is 67.2 Å². The molecular weight excluding hydrogens is 739 g/mol. The van der Waals surface area contributed by atoms with Crippen molar-refractivity contribution in [1.29, 1.82) is 0 Å². The number of carbonyl (C=O) groups is 2. The summed E-state index contributed by atoms with van der Waals surface area (Å²) in [5, 5.41) is 10.1. The first-order valence-corrected chi connectivity index (χ1v) is 19.9. The van der Waals surface area contributed by atoms with Crippen LogP contribution in [0.4, 0.5) is 23.4 Å². The lowest BCUT2D eigenvalue weighted by Gasteiger charge is -2.32. The van der Waals surface area contributed by atoms with Crippen molar-refractivity contribution < 1.29 is 31.9 Å². The Kier molecular flexibility index (Phi) is 21.9. The molecule has 0 radical (unpaired) electrons. The average molecular weight is 802 g/mol. The van der Waals surface area contributed by atoms with Crippen LogP contribution >= 0.6 is 0 Å². The number of hydrogen-bond donors (Lipinski definition) is 2. The number of ether oxygens (including phenoxy) is 1. The SMILES string of the molecule is C=C(O/C=C(/C(C)=O)C(C)CC)c1ccnc(NCC(F)(F)F)c1.CCCC.CCc1cn(-c2ccc(CNCCCN3CCN(C=O)CC3)cc2)nc1C(C)F. The second kappa shape index (κ2) is 25.6. The molecule has 10 nitrogen and oxygen atoms in total. The van der Waals surface area contributed by atoms with Gasteiger partial charge in [-0.05, 0) is 87.5 Å². The summed E-state index contributed by atoms with van der Waals surface area (Å²) in [5.41, 5.74) is 4.66. The van der Waals surface area contributed by atoms with E-state index in [1.165, 1.54) is 50.8 Å². The molecule has 14 heteroatoms. The number of aryl methyl sites for hydroxylation is 1. The molecule has 1 aliphatic rings. The molecule has 0 spiro atoms. The van der Waals surface area contributed by atoms with Gasteiger partial charge in [0.1, 0.15) is 24.3 Å². The van der Waals surface area contributed by atoms with Crippen molar-refractivity contribution in [2.24, 2.45) is 5.92 Å². The third kappa shape index (κ3) is 18.1. The summed E-state index contributed by atoms with van der Waals surface area (Å²) in [7, 11) is 0. The van der Waals surface area contributed by atoms with E-state index in [0.717, 1.165) is 82.7 Å². The van der Waals surface area contributed by atoms with Crippen LogP contribution in [0.25, 0.3) is 11.4 Å². The van der Waals surface area contributed by atoms with E-state index in [2.05, 4.69) is 58.2 Å². The Balaban J connectivity index is 0.000000366. The summed E-state index contributed by atoms with van der Waals surface area (Å²) in [4.78, 5) is 30.4. The zero-order chi connectivity index (χ0) is 42.4. The lowest BCUT2D eigenvalue weighted by molar-refractivity contribution is -0.119. The van der Waals surface area contributed by atoms with Gasteiger partial charge in [-0.1, -0.05) is 66.2 Å². The molecular formula is C43H63F4N7O3. The number of halogens is 4. The largest absolute Gasteiger partial charge is 0.465 e. The molecule has 0 saturated carbocycles. The van der Waals surface area contributed by atoms with E-state index < -0.39 is 18.9 Å². The highest BCUT2D eigenvalue weighted by Crippen LogP contribution is 2.23. The van der Waals surface area contributed by atoms with Crippen LogP contribution in [0.5, 0.6) is 0 Å². The molecule has 0 bridgehead atoms. The van der Waals surface area contributed by atoms with Gasteiger partial charge in [0.2, 0.25) is 6.41 Å². The van der Waals surface area contributed by atoms with E-state index in [-0.39, 0.29) is 23.3 Å². The van der Waals surface area contributed by atoms with Gasteiger partial charge in [-0.15, -0.1) is 0 Å². The van der Waals surface area contributed by atoms with Gasteiger partial charge in [0, 0.05) is 56.3 Å². The highest BCUT2D eigenvalue weighted by Gasteiger charge is 2.27.